The van der Waals surface area contributed by atoms with Gasteiger partial charge in [-0.15, -0.1) is 0 Å². The van der Waals surface area contributed by atoms with Crippen LogP contribution in [0.15, 0.2) is 0 Å². The minimum atomic E-state index is -1.09. The zero-order chi connectivity index (χ0) is 15.9. The summed E-state index contributed by atoms with van der Waals surface area (Å²) in [6.45, 7) is 7.05. The van der Waals surface area contributed by atoms with Crippen molar-refractivity contribution >= 4 is 17.8 Å². The van der Waals surface area contributed by atoms with E-state index in [1.165, 1.54) is 0 Å². The van der Waals surface area contributed by atoms with Crippen molar-refractivity contribution in [2.45, 2.75) is 46.2 Å². The molecule has 0 unspecified atom stereocenters. The molecule has 0 saturated carbocycles. The Morgan fingerprint density at radius 2 is 1.70 bits per heavy atom. The first-order valence-electron chi connectivity index (χ1n) is 6.70. The van der Waals surface area contributed by atoms with Gasteiger partial charge in [-0.05, 0) is 18.3 Å². The molecule has 20 heavy (non-hydrogen) atoms. The van der Waals surface area contributed by atoms with Crippen LogP contribution in [0.1, 0.15) is 34.1 Å². The highest BCUT2D eigenvalue weighted by Gasteiger charge is 2.22. The zero-order valence-corrected chi connectivity index (χ0v) is 12.5. The minimum Gasteiger partial charge on any atom is -0.480 e. The third-order valence-corrected chi connectivity index (χ3v) is 2.78. The normalized spacial score (nSPS) is 13.9. The molecule has 0 spiro atoms. The highest BCUT2D eigenvalue weighted by Crippen LogP contribution is 2.04. The molecule has 0 bridgehead atoms. The maximum Gasteiger partial charge on any atom is 0.326 e. The molecule has 2 atom stereocenters. The van der Waals surface area contributed by atoms with Crippen LogP contribution in [0, 0.1) is 11.8 Å². The van der Waals surface area contributed by atoms with Crippen LogP contribution in [-0.2, 0) is 14.4 Å². The van der Waals surface area contributed by atoms with Gasteiger partial charge in [-0.25, -0.2) is 4.79 Å². The van der Waals surface area contributed by atoms with Gasteiger partial charge in [-0.2, -0.15) is 0 Å². The lowest BCUT2D eigenvalue weighted by atomic mass is 10.0. The predicted octanol–water partition coefficient (Wildman–Crippen LogP) is -0.299. The monoisotopic (exact) mass is 287 g/mol. The molecule has 0 rings (SSSR count). The predicted molar refractivity (Wildman–Crippen MR) is 74.8 cm³/mol. The van der Waals surface area contributed by atoms with E-state index in [0.717, 1.165) is 0 Å². The van der Waals surface area contributed by atoms with E-state index < -0.39 is 29.9 Å². The highest BCUT2D eigenvalue weighted by atomic mass is 16.4. The lowest BCUT2D eigenvalue weighted by Gasteiger charge is -2.18. The summed E-state index contributed by atoms with van der Waals surface area (Å²) in [4.78, 5) is 34.1. The van der Waals surface area contributed by atoms with E-state index in [9.17, 15) is 14.4 Å². The summed E-state index contributed by atoms with van der Waals surface area (Å²) in [5.41, 5.74) is 5.62. The number of carboxylic acids is 1. The number of hydrogen-bond donors (Lipinski definition) is 4. The van der Waals surface area contributed by atoms with Crippen molar-refractivity contribution in [3.8, 4) is 0 Å². The maximum absolute atomic E-state index is 11.6. The average Bonchev–Trinajstić information content (AvgIpc) is 2.33. The smallest absolute Gasteiger partial charge is 0.326 e. The number of aliphatic carboxylic acids is 1. The van der Waals surface area contributed by atoms with E-state index >= 15 is 0 Å². The lowest BCUT2D eigenvalue weighted by molar-refractivity contribution is -0.142. The highest BCUT2D eigenvalue weighted by molar-refractivity contribution is 5.89. The second kappa shape index (κ2) is 8.52. The summed E-state index contributed by atoms with van der Waals surface area (Å²) in [5, 5.41) is 13.8. The van der Waals surface area contributed by atoms with E-state index in [4.69, 9.17) is 10.8 Å². The number of rotatable bonds is 8. The Hall–Kier alpha value is -1.63. The van der Waals surface area contributed by atoms with Crippen molar-refractivity contribution in [1.29, 1.82) is 0 Å². The number of nitrogens with one attached hydrogen (secondary N) is 2. The summed E-state index contributed by atoms with van der Waals surface area (Å²) in [6.07, 6.45) is 0.334. The van der Waals surface area contributed by atoms with Crippen LogP contribution in [0.5, 0.6) is 0 Å². The molecule has 0 aliphatic carbocycles. The number of hydrogen-bond acceptors (Lipinski definition) is 4. The van der Waals surface area contributed by atoms with Gasteiger partial charge in [0.25, 0.3) is 0 Å². The zero-order valence-electron chi connectivity index (χ0n) is 12.5. The maximum atomic E-state index is 11.6. The third kappa shape index (κ3) is 7.08. The van der Waals surface area contributed by atoms with Gasteiger partial charge in [0.2, 0.25) is 11.8 Å². The van der Waals surface area contributed by atoms with Crippen LogP contribution >= 0.6 is 0 Å². The molecule has 0 aromatic carbocycles. The van der Waals surface area contributed by atoms with E-state index in [0.29, 0.717) is 6.42 Å². The Morgan fingerprint density at radius 3 is 2.10 bits per heavy atom. The van der Waals surface area contributed by atoms with E-state index in [2.05, 4.69) is 10.6 Å². The molecule has 0 saturated heterocycles. The summed E-state index contributed by atoms with van der Waals surface area (Å²) in [7, 11) is 0. The number of carbonyl (C=O) groups excluding carboxylic acids is 2. The summed E-state index contributed by atoms with van der Waals surface area (Å²) < 4.78 is 0. The fourth-order valence-electron chi connectivity index (χ4n) is 1.53. The molecule has 5 N–H and O–H groups in total. The van der Waals surface area contributed by atoms with Gasteiger partial charge in [0.15, 0.2) is 0 Å². The molecular weight excluding hydrogens is 262 g/mol. The van der Waals surface area contributed by atoms with Gasteiger partial charge < -0.3 is 21.5 Å². The molecule has 2 amide bonds. The van der Waals surface area contributed by atoms with Crippen LogP contribution in [0.2, 0.25) is 0 Å². The van der Waals surface area contributed by atoms with Crippen LogP contribution in [-0.4, -0.2) is 41.5 Å². The van der Waals surface area contributed by atoms with Crippen molar-refractivity contribution in [1.82, 2.24) is 10.6 Å². The molecule has 0 aliphatic heterocycles. The molecule has 116 valence electrons. The van der Waals surface area contributed by atoms with E-state index in [-0.39, 0.29) is 18.4 Å². The second-order valence-electron chi connectivity index (χ2n) is 5.58. The quantitative estimate of drug-likeness (QED) is 0.488. The van der Waals surface area contributed by atoms with E-state index in [1.54, 1.807) is 13.8 Å². The molecule has 0 aliphatic rings. The first-order chi connectivity index (χ1) is 9.15. The lowest BCUT2D eigenvalue weighted by Crippen LogP contribution is -2.49. The average molecular weight is 287 g/mol. The number of nitrogens with two attached hydrogens (primary N) is 1. The van der Waals surface area contributed by atoms with Crippen LogP contribution in [0.3, 0.4) is 0 Å². The SMILES string of the molecule is CC(C)C[C@@H](NC(=O)CNC(=O)[C@@H](N)C(C)C)C(=O)O. The van der Waals surface area contributed by atoms with Gasteiger partial charge >= 0.3 is 5.97 Å². The fourth-order valence-corrected chi connectivity index (χ4v) is 1.53. The van der Waals surface area contributed by atoms with Gasteiger partial charge in [0.1, 0.15) is 6.04 Å². The minimum absolute atomic E-state index is 0.0363. The Kier molecular flexibility index (Phi) is 7.83. The largest absolute Gasteiger partial charge is 0.480 e. The van der Waals surface area contributed by atoms with Gasteiger partial charge in [0.05, 0.1) is 12.6 Å². The summed E-state index contributed by atoms with van der Waals surface area (Å²) in [6, 6.07) is -1.63. The van der Waals surface area contributed by atoms with Crippen LogP contribution in [0.25, 0.3) is 0 Å². The second-order valence-corrected chi connectivity index (χ2v) is 5.58. The summed E-state index contributed by atoms with van der Waals surface area (Å²) >= 11 is 0. The first kappa shape index (κ1) is 18.4. The Bertz CT molecular complexity index is 356. The van der Waals surface area contributed by atoms with Crippen LogP contribution in [0.4, 0.5) is 0 Å². The Morgan fingerprint density at radius 1 is 1.15 bits per heavy atom. The number of amides is 2. The first-order valence-corrected chi connectivity index (χ1v) is 6.70. The van der Waals surface area contributed by atoms with Crippen molar-refractivity contribution in [2.24, 2.45) is 17.6 Å². The van der Waals surface area contributed by atoms with Crippen molar-refractivity contribution in [3.05, 3.63) is 0 Å². The van der Waals surface area contributed by atoms with Gasteiger partial charge in [-0.1, -0.05) is 27.7 Å². The molecule has 0 radical (unpaired) electrons. The molecular formula is C13H25N3O4. The Balaban J connectivity index is 4.27. The van der Waals surface area contributed by atoms with Crippen LogP contribution < -0.4 is 16.4 Å². The van der Waals surface area contributed by atoms with Crippen molar-refractivity contribution in [2.75, 3.05) is 6.54 Å². The van der Waals surface area contributed by atoms with Crippen molar-refractivity contribution < 1.29 is 19.5 Å². The molecule has 0 fully saturated rings. The third-order valence-electron chi connectivity index (χ3n) is 2.78. The molecule has 0 aromatic heterocycles. The summed E-state index contributed by atoms with van der Waals surface area (Å²) in [5.74, 6) is -1.95. The van der Waals surface area contributed by atoms with E-state index in [1.807, 2.05) is 13.8 Å². The molecule has 0 aromatic rings. The molecule has 7 heteroatoms. The Labute approximate surface area is 119 Å². The number of carboxylic acid groups (broad SMARTS) is 1. The number of carbonyl (C=O) groups is 3. The van der Waals surface area contributed by atoms with Crippen molar-refractivity contribution in [3.63, 3.8) is 0 Å². The van der Waals surface area contributed by atoms with Gasteiger partial charge in [-0.3, -0.25) is 9.59 Å². The molecule has 0 heterocycles. The molecule has 7 nitrogen and oxygen atoms in total. The van der Waals surface area contributed by atoms with Gasteiger partial charge in [0, 0.05) is 0 Å². The standard InChI is InChI=1S/C13H25N3O4/c1-7(2)5-9(13(19)20)16-10(17)6-15-12(18)11(14)8(3)4/h7-9,11H,5-6,14H2,1-4H3,(H,15,18)(H,16,17)(H,19,20)/t9-,11+/m1/s1. The fraction of sp³-hybridized carbons (Fsp3) is 0.769. The topological polar surface area (TPSA) is 122 Å².